The first-order chi connectivity index (χ1) is 23.8. The van der Waals surface area contributed by atoms with E-state index in [1.54, 1.807) is 0 Å². The maximum atomic E-state index is 2.47. The minimum Gasteiger partial charge on any atom is -0.0616 e. The molecule has 2 heteroatoms. The molecule has 0 unspecified atom stereocenters. The number of aryl methyl sites for hydroxylation is 2. The second kappa shape index (κ2) is 11.7. The molecule has 2 heterocycles. The maximum Gasteiger partial charge on any atom is 0.285 e. The third-order valence-electron chi connectivity index (χ3n) is 11.3. The van der Waals surface area contributed by atoms with Crippen molar-refractivity contribution in [1.29, 1.82) is 0 Å². The maximum absolute atomic E-state index is 2.47. The lowest BCUT2D eigenvalue weighted by Crippen LogP contribution is -2.68. The third kappa shape index (κ3) is 5.81. The van der Waals surface area contributed by atoms with E-state index in [0.717, 1.165) is 0 Å². The number of hydrogen-bond donors (Lipinski definition) is 0. The van der Waals surface area contributed by atoms with Gasteiger partial charge in [0.2, 0.25) is 12.4 Å². The Balaban J connectivity index is 1.57. The Morgan fingerprint density at radius 3 is 1.75 bits per heavy atom. The van der Waals surface area contributed by atoms with Gasteiger partial charge in [-0.1, -0.05) is 137 Å². The fourth-order valence-electron chi connectivity index (χ4n) is 8.28. The van der Waals surface area contributed by atoms with Crippen LogP contribution in [0.5, 0.6) is 0 Å². The average Bonchev–Trinajstić information content (AvgIpc) is 3.29. The second-order valence-corrected chi connectivity index (χ2v) is 18.6. The van der Waals surface area contributed by atoms with Crippen molar-refractivity contribution in [3.63, 3.8) is 0 Å². The molecule has 0 N–H and O–H groups in total. The van der Waals surface area contributed by atoms with Crippen molar-refractivity contribution >= 4 is 10.8 Å². The zero-order valence-corrected chi connectivity index (χ0v) is 33.2. The van der Waals surface area contributed by atoms with Crippen LogP contribution in [-0.2, 0) is 21.7 Å². The Morgan fingerprint density at radius 1 is 0.490 bits per heavy atom. The fourth-order valence-corrected chi connectivity index (χ4v) is 8.28. The van der Waals surface area contributed by atoms with Crippen molar-refractivity contribution < 1.29 is 9.35 Å². The summed E-state index contributed by atoms with van der Waals surface area (Å²) in [5.74, 6) is 0. The van der Waals surface area contributed by atoms with E-state index in [1.807, 2.05) is 0 Å². The normalized spacial score (nSPS) is 14.1. The van der Waals surface area contributed by atoms with Gasteiger partial charge in [0.25, 0.3) is 11.4 Å². The van der Waals surface area contributed by atoms with E-state index in [2.05, 4.69) is 203 Å². The van der Waals surface area contributed by atoms with Gasteiger partial charge in [0, 0.05) is 29.2 Å². The van der Waals surface area contributed by atoms with E-state index in [1.165, 1.54) is 83.4 Å². The first-order valence-corrected chi connectivity index (χ1v) is 18.7. The van der Waals surface area contributed by atoms with Crippen LogP contribution >= 0.6 is 0 Å². The molecule has 0 saturated carbocycles. The molecule has 6 aromatic rings. The molecule has 0 spiro atoms. The molecule has 0 fully saturated rings. The number of aromatic nitrogens is 2. The van der Waals surface area contributed by atoms with E-state index in [-0.39, 0.29) is 21.7 Å². The number of benzene rings is 4. The van der Waals surface area contributed by atoms with Gasteiger partial charge in [0.15, 0.2) is 0 Å². The van der Waals surface area contributed by atoms with Gasteiger partial charge in [0.05, 0.1) is 20.5 Å². The summed E-state index contributed by atoms with van der Waals surface area (Å²) in [6.07, 6.45) is 4.69. The van der Waals surface area contributed by atoms with Crippen molar-refractivity contribution in [2.45, 2.75) is 112 Å². The van der Waals surface area contributed by atoms with Crippen molar-refractivity contribution in [2.24, 2.45) is 0 Å². The summed E-state index contributed by atoms with van der Waals surface area (Å²) in [4.78, 5) is 0. The smallest absolute Gasteiger partial charge is 0.0616 e. The highest BCUT2D eigenvalue weighted by atomic mass is 15.5. The summed E-state index contributed by atoms with van der Waals surface area (Å²) in [7, 11) is 0. The third-order valence-corrected chi connectivity index (χ3v) is 11.3. The largest absolute Gasteiger partial charge is 0.285 e. The molecular formula is C49H56N2+2. The Kier molecular flexibility index (Phi) is 8.02. The van der Waals surface area contributed by atoms with Crippen molar-refractivity contribution in [2.75, 3.05) is 0 Å². The number of fused-ring (bicyclic) bond motifs is 5. The summed E-state index contributed by atoms with van der Waals surface area (Å²) in [6, 6.07) is 34.7. The monoisotopic (exact) mass is 672 g/mol. The summed E-state index contributed by atoms with van der Waals surface area (Å²) in [5, 5.41) is 2.65. The summed E-state index contributed by atoms with van der Waals surface area (Å²) in [6.45, 7) is 30.2. The molecule has 0 bridgehead atoms. The summed E-state index contributed by atoms with van der Waals surface area (Å²) < 4.78 is 4.85. The van der Waals surface area contributed by atoms with E-state index in [0.29, 0.717) is 0 Å². The van der Waals surface area contributed by atoms with Gasteiger partial charge >= 0.3 is 0 Å². The van der Waals surface area contributed by atoms with Gasteiger partial charge in [-0.05, 0) is 97.5 Å². The van der Waals surface area contributed by atoms with Gasteiger partial charge in [-0.25, -0.2) is 0 Å². The SMILES string of the molecule is Cc1cc(C(C)(C)C)ccc1-c1ccc(C(C)(C)C)c[n+]1-[n+]1ccc(C(C)(C)C)cc1-c1c(C)ccc2c1C(C)(C)c1c-2ccc2ccccc12. The number of hydrogen-bond acceptors (Lipinski definition) is 0. The van der Waals surface area contributed by atoms with Crippen molar-refractivity contribution in [3.05, 3.63) is 142 Å². The number of nitrogens with zero attached hydrogens (tertiary/aromatic N) is 2. The minimum absolute atomic E-state index is 0.0193. The number of pyridine rings is 2. The minimum atomic E-state index is -0.206. The van der Waals surface area contributed by atoms with Crippen LogP contribution in [0.1, 0.15) is 115 Å². The summed E-state index contributed by atoms with van der Waals surface area (Å²) in [5.41, 5.74) is 16.9. The predicted molar refractivity (Wildman–Crippen MR) is 216 cm³/mol. The zero-order chi connectivity index (χ0) is 36.8. The highest BCUT2D eigenvalue weighted by molar-refractivity contribution is 5.99. The van der Waals surface area contributed by atoms with Crippen LogP contribution in [0.3, 0.4) is 0 Å². The Labute approximate surface area is 306 Å². The second-order valence-electron chi connectivity index (χ2n) is 18.6. The Hall–Kier alpha value is -4.56. The molecule has 0 saturated heterocycles. The van der Waals surface area contributed by atoms with E-state index >= 15 is 0 Å². The molecule has 1 aliphatic rings. The molecule has 0 radical (unpaired) electrons. The quantitative estimate of drug-likeness (QED) is 0.165. The van der Waals surface area contributed by atoms with Crippen LogP contribution in [0, 0.1) is 13.8 Å². The van der Waals surface area contributed by atoms with Crippen LogP contribution in [0.2, 0.25) is 0 Å². The van der Waals surface area contributed by atoms with Crippen molar-refractivity contribution in [1.82, 2.24) is 0 Å². The van der Waals surface area contributed by atoms with Gasteiger partial charge in [-0.15, -0.1) is 0 Å². The lowest BCUT2D eigenvalue weighted by molar-refractivity contribution is -1.29. The lowest BCUT2D eigenvalue weighted by atomic mass is 9.76. The first-order valence-electron chi connectivity index (χ1n) is 18.7. The first kappa shape index (κ1) is 34.9. The van der Waals surface area contributed by atoms with Gasteiger partial charge in [-0.2, -0.15) is 0 Å². The topological polar surface area (TPSA) is 7.76 Å². The molecule has 2 nitrogen and oxygen atoms in total. The van der Waals surface area contributed by atoms with E-state index < -0.39 is 0 Å². The molecule has 0 amide bonds. The molecular weight excluding hydrogens is 617 g/mol. The molecule has 7 rings (SSSR count). The predicted octanol–water partition coefficient (Wildman–Crippen LogP) is 11.9. The summed E-state index contributed by atoms with van der Waals surface area (Å²) >= 11 is 0. The van der Waals surface area contributed by atoms with Gasteiger partial charge in [-0.3, -0.25) is 0 Å². The van der Waals surface area contributed by atoms with Gasteiger partial charge in [0.1, 0.15) is 0 Å². The van der Waals surface area contributed by atoms with Crippen LogP contribution in [0.4, 0.5) is 0 Å². The molecule has 1 aliphatic carbocycles. The lowest BCUT2D eigenvalue weighted by Gasteiger charge is -2.26. The van der Waals surface area contributed by atoms with Crippen molar-refractivity contribution in [3.8, 4) is 33.6 Å². The fraction of sp³-hybridized carbons (Fsp3) is 0.347. The van der Waals surface area contributed by atoms with E-state index in [9.17, 15) is 0 Å². The van der Waals surface area contributed by atoms with Crippen LogP contribution in [-0.4, -0.2) is 0 Å². The van der Waals surface area contributed by atoms with Crippen LogP contribution in [0.25, 0.3) is 44.4 Å². The highest BCUT2D eigenvalue weighted by Crippen LogP contribution is 2.54. The Bertz CT molecular complexity index is 2350. The number of rotatable bonds is 3. The molecule has 0 aliphatic heterocycles. The molecule has 4 aromatic carbocycles. The standard InChI is InChI=1S/C49H56N2/c1-31-18-22-40-39-23-19-33-16-14-15-17-38(33)44(39)49(12,13)45(40)43(31)42-29-35(47(6,7)8)26-27-50(42)51-30-36(48(9,10)11)21-25-41(51)37-24-20-34(28-32(37)2)46(3,4)5/h14-30H,1-13H3/q+2. The molecule has 51 heavy (non-hydrogen) atoms. The van der Waals surface area contributed by atoms with Crippen LogP contribution in [0.15, 0.2) is 103 Å². The zero-order valence-electron chi connectivity index (χ0n) is 33.2. The molecule has 0 atom stereocenters. The van der Waals surface area contributed by atoms with Gasteiger partial charge < -0.3 is 0 Å². The highest BCUT2D eigenvalue weighted by Gasteiger charge is 2.43. The molecule has 260 valence electrons. The average molecular weight is 673 g/mol. The molecule has 2 aromatic heterocycles. The van der Waals surface area contributed by atoms with E-state index in [4.69, 9.17) is 0 Å². The van der Waals surface area contributed by atoms with Crippen LogP contribution < -0.4 is 9.35 Å². The Morgan fingerprint density at radius 2 is 1.08 bits per heavy atom.